The van der Waals surface area contributed by atoms with E-state index in [1.54, 1.807) is 7.11 Å². The lowest BCUT2D eigenvalue weighted by atomic mass is 9.84. The van der Waals surface area contributed by atoms with Crippen molar-refractivity contribution in [3.8, 4) is 11.8 Å². The number of alkyl halides is 1. The molecular formula is C26H33FN6O3. The molecule has 3 atom stereocenters. The van der Waals surface area contributed by atoms with Crippen LogP contribution in [-0.4, -0.2) is 96.1 Å². The van der Waals surface area contributed by atoms with Gasteiger partial charge in [-0.3, -0.25) is 4.90 Å². The van der Waals surface area contributed by atoms with Gasteiger partial charge in [0.05, 0.1) is 57.3 Å². The van der Waals surface area contributed by atoms with Crippen molar-refractivity contribution >= 4 is 16.7 Å². The molecule has 0 amide bonds. The summed E-state index contributed by atoms with van der Waals surface area (Å²) in [4.78, 5) is 13.6. The van der Waals surface area contributed by atoms with E-state index in [1.807, 2.05) is 16.9 Å². The number of hydrogen-bond acceptors (Lipinski definition) is 8. The molecule has 10 heteroatoms. The SMILES string of the molecule is COc1nc(N2CCOCC2C)cc(-n2ncc3cc(C)c(C4CCN(C5COC5)C[C@H]4F)cc32)n1. The van der Waals surface area contributed by atoms with Crippen LogP contribution >= 0.6 is 0 Å². The molecule has 192 valence electrons. The number of benzene rings is 1. The van der Waals surface area contributed by atoms with Gasteiger partial charge >= 0.3 is 6.01 Å². The average molecular weight is 497 g/mol. The first-order valence-electron chi connectivity index (χ1n) is 12.7. The molecule has 2 unspecified atom stereocenters. The maximum Gasteiger partial charge on any atom is 0.320 e. The minimum Gasteiger partial charge on any atom is -0.467 e. The van der Waals surface area contributed by atoms with Crippen molar-refractivity contribution < 1.29 is 18.6 Å². The molecular weight excluding hydrogens is 463 g/mol. The maximum atomic E-state index is 15.5. The summed E-state index contributed by atoms with van der Waals surface area (Å²) in [5.74, 6) is 1.26. The molecule has 3 fully saturated rings. The third kappa shape index (κ3) is 4.21. The zero-order chi connectivity index (χ0) is 24.8. The first-order valence-corrected chi connectivity index (χ1v) is 12.7. The predicted molar refractivity (Wildman–Crippen MR) is 134 cm³/mol. The van der Waals surface area contributed by atoms with Crippen LogP contribution < -0.4 is 9.64 Å². The summed E-state index contributed by atoms with van der Waals surface area (Å²) in [5.41, 5.74) is 3.04. The van der Waals surface area contributed by atoms with Crippen LogP contribution in [0.5, 0.6) is 6.01 Å². The summed E-state index contributed by atoms with van der Waals surface area (Å²) in [5, 5.41) is 5.65. The van der Waals surface area contributed by atoms with Gasteiger partial charge in [-0.2, -0.15) is 15.1 Å². The van der Waals surface area contributed by atoms with Crippen molar-refractivity contribution in [2.75, 3.05) is 58.1 Å². The van der Waals surface area contributed by atoms with E-state index in [0.717, 1.165) is 60.6 Å². The largest absolute Gasteiger partial charge is 0.467 e. The Morgan fingerprint density at radius 2 is 1.89 bits per heavy atom. The Hall–Kier alpha value is -2.82. The molecule has 6 rings (SSSR count). The van der Waals surface area contributed by atoms with Crippen molar-refractivity contribution in [1.29, 1.82) is 0 Å². The lowest BCUT2D eigenvalue weighted by molar-refractivity contribution is -0.0807. The van der Waals surface area contributed by atoms with Crippen LogP contribution in [0.1, 0.15) is 30.4 Å². The molecule has 36 heavy (non-hydrogen) atoms. The fraction of sp³-hybridized carbons (Fsp3) is 0.577. The third-order valence-electron chi connectivity index (χ3n) is 7.81. The molecule has 5 heterocycles. The highest BCUT2D eigenvalue weighted by molar-refractivity contribution is 5.82. The number of aryl methyl sites for hydroxylation is 1. The second kappa shape index (κ2) is 9.57. The maximum absolute atomic E-state index is 15.5. The van der Waals surface area contributed by atoms with E-state index >= 15 is 4.39 Å². The molecule has 3 aromatic rings. The number of rotatable bonds is 5. The van der Waals surface area contributed by atoms with Crippen LogP contribution in [0.2, 0.25) is 0 Å². The quantitative estimate of drug-likeness (QED) is 0.534. The van der Waals surface area contributed by atoms with E-state index in [9.17, 15) is 0 Å². The monoisotopic (exact) mass is 496 g/mol. The molecule has 0 bridgehead atoms. The molecule has 0 spiro atoms. The molecule has 0 aliphatic carbocycles. The van der Waals surface area contributed by atoms with Gasteiger partial charge < -0.3 is 19.1 Å². The van der Waals surface area contributed by atoms with Crippen molar-refractivity contribution in [3.05, 3.63) is 35.5 Å². The molecule has 3 aliphatic heterocycles. The van der Waals surface area contributed by atoms with Gasteiger partial charge in [0.1, 0.15) is 12.0 Å². The molecule has 0 saturated carbocycles. The van der Waals surface area contributed by atoms with Gasteiger partial charge in [-0.25, -0.2) is 9.07 Å². The third-order valence-corrected chi connectivity index (χ3v) is 7.81. The summed E-state index contributed by atoms with van der Waals surface area (Å²) >= 11 is 0. The number of morpholine rings is 1. The number of anilines is 1. The van der Waals surface area contributed by atoms with Crippen LogP contribution in [-0.2, 0) is 9.47 Å². The van der Waals surface area contributed by atoms with Gasteiger partial charge in [0, 0.05) is 30.5 Å². The van der Waals surface area contributed by atoms with Gasteiger partial charge in [-0.05, 0) is 50.1 Å². The standard InChI is InChI=1S/C26H33FN6O3/c1-16-8-18-11-28-33(25-10-24(29-26(30-25)34-3)32-6-7-35-13-17(32)2)23(18)9-21(16)20-4-5-31(12-22(20)27)19-14-36-15-19/h8-11,17,19-20,22H,4-7,12-15H2,1-3H3/t17?,20?,22-/m1/s1. The first kappa shape index (κ1) is 23.6. The Bertz CT molecular complexity index is 1250. The predicted octanol–water partition coefficient (Wildman–Crippen LogP) is 2.88. The summed E-state index contributed by atoms with van der Waals surface area (Å²) in [7, 11) is 1.57. The Morgan fingerprint density at radius 3 is 2.61 bits per heavy atom. The van der Waals surface area contributed by atoms with E-state index in [-0.39, 0.29) is 18.0 Å². The Balaban J connectivity index is 1.35. The normalized spacial score (nSPS) is 25.8. The van der Waals surface area contributed by atoms with Crippen LogP contribution in [0.4, 0.5) is 10.2 Å². The highest BCUT2D eigenvalue weighted by Crippen LogP contribution is 2.36. The second-order valence-electron chi connectivity index (χ2n) is 10.1. The molecule has 0 radical (unpaired) electrons. The average Bonchev–Trinajstić information content (AvgIpc) is 3.25. The zero-order valence-corrected chi connectivity index (χ0v) is 21.1. The van der Waals surface area contributed by atoms with E-state index in [1.165, 1.54) is 0 Å². The molecule has 9 nitrogen and oxygen atoms in total. The molecule has 0 N–H and O–H groups in total. The lowest BCUT2D eigenvalue weighted by Gasteiger charge is -2.43. The van der Waals surface area contributed by atoms with Crippen molar-refractivity contribution in [3.63, 3.8) is 0 Å². The smallest absolute Gasteiger partial charge is 0.320 e. The van der Waals surface area contributed by atoms with Gasteiger partial charge in [0.2, 0.25) is 0 Å². The molecule has 3 saturated heterocycles. The fourth-order valence-electron chi connectivity index (χ4n) is 5.65. The number of likely N-dealkylation sites (tertiary alicyclic amines) is 1. The number of fused-ring (bicyclic) bond motifs is 1. The highest BCUT2D eigenvalue weighted by Gasteiger charge is 2.36. The Morgan fingerprint density at radius 1 is 1.06 bits per heavy atom. The van der Waals surface area contributed by atoms with Gasteiger partial charge in [0.25, 0.3) is 0 Å². The summed E-state index contributed by atoms with van der Waals surface area (Å²) < 4.78 is 33.6. The van der Waals surface area contributed by atoms with Crippen LogP contribution in [0.3, 0.4) is 0 Å². The van der Waals surface area contributed by atoms with Gasteiger partial charge in [0.15, 0.2) is 5.82 Å². The van der Waals surface area contributed by atoms with Crippen molar-refractivity contribution in [1.82, 2.24) is 24.6 Å². The van der Waals surface area contributed by atoms with Crippen LogP contribution in [0.25, 0.3) is 16.7 Å². The summed E-state index contributed by atoms with van der Waals surface area (Å²) in [6.07, 6.45) is 1.71. The minimum absolute atomic E-state index is 0.139. The Kier molecular flexibility index (Phi) is 6.27. The van der Waals surface area contributed by atoms with Crippen LogP contribution in [0.15, 0.2) is 24.4 Å². The number of ether oxygens (including phenoxy) is 3. The Labute approximate surface area is 210 Å². The number of hydrogen-bond donors (Lipinski definition) is 0. The summed E-state index contributed by atoms with van der Waals surface area (Å²) in [6.45, 7) is 9.00. The van der Waals surface area contributed by atoms with Gasteiger partial charge in [-0.15, -0.1) is 0 Å². The minimum atomic E-state index is -0.916. The topological polar surface area (TPSA) is 77.8 Å². The van der Waals surface area contributed by atoms with Crippen LogP contribution in [0, 0.1) is 6.92 Å². The highest BCUT2D eigenvalue weighted by atomic mass is 19.1. The molecule has 3 aliphatic rings. The van der Waals surface area contributed by atoms with E-state index < -0.39 is 6.17 Å². The number of aromatic nitrogens is 4. The number of nitrogens with zero attached hydrogens (tertiary/aromatic N) is 6. The number of halogens is 1. The molecule has 1 aromatic carbocycles. The fourth-order valence-corrected chi connectivity index (χ4v) is 5.65. The number of piperidine rings is 1. The van der Waals surface area contributed by atoms with Crippen molar-refractivity contribution in [2.24, 2.45) is 0 Å². The van der Waals surface area contributed by atoms with E-state index in [0.29, 0.717) is 31.6 Å². The zero-order valence-electron chi connectivity index (χ0n) is 21.1. The lowest BCUT2D eigenvalue weighted by Crippen LogP contribution is -2.54. The van der Waals surface area contributed by atoms with E-state index in [2.05, 4.69) is 50.8 Å². The first-order chi connectivity index (χ1) is 17.5. The second-order valence-corrected chi connectivity index (χ2v) is 10.1. The van der Waals surface area contributed by atoms with Gasteiger partial charge in [-0.1, -0.05) is 0 Å². The number of methoxy groups -OCH3 is 1. The summed E-state index contributed by atoms with van der Waals surface area (Å²) in [6, 6.07) is 6.99. The molecule has 2 aromatic heterocycles. The van der Waals surface area contributed by atoms with E-state index in [4.69, 9.17) is 14.2 Å². The van der Waals surface area contributed by atoms with Crippen molar-refractivity contribution in [2.45, 2.75) is 44.4 Å².